The summed E-state index contributed by atoms with van der Waals surface area (Å²) >= 11 is 0. The van der Waals surface area contributed by atoms with Crippen LogP contribution in [0.5, 0.6) is 0 Å². The van der Waals surface area contributed by atoms with Crippen LogP contribution < -0.4 is 0 Å². The first kappa shape index (κ1) is 14.0. The van der Waals surface area contributed by atoms with E-state index in [4.69, 9.17) is 9.26 Å². The van der Waals surface area contributed by atoms with E-state index in [1.54, 1.807) is 7.11 Å². The topological polar surface area (TPSA) is 85.5 Å². The van der Waals surface area contributed by atoms with Crippen molar-refractivity contribution < 1.29 is 19.2 Å². The minimum Gasteiger partial charge on any atom is -0.481 e. The van der Waals surface area contributed by atoms with E-state index < -0.39 is 17.5 Å². The fraction of sp³-hybridized carbons (Fsp3) is 0.769. The second-order valence-corrected chi connectivity index (χ2v) is 5.80. The molecule has 6 nitrogen and oxygen atoms in total. The van der Waals surface area contributed by atoms with Gasteiger partial charge in [0, 0.05) is 7.11 Å². The van der Waals surface area contributed by atoms with E-state index in [0.717, 1.165) is 6.42 Å². The van der Waals surface area contributed by atoms with Crippen LogP contribution in [0.4, 0.5) is 0 Å². The van der Waals surface area contributed by atoms with E-state index >= 15 is 0 Å². The zero-order valence-corrected chi connectivity index (χ0v) is 11.7. The number of hydrogen-bond donors (Lipinski definition) is 1. The number of aliphatic carboxylic acids is 1. The van der Waals surface area contributed by atoms with Gasteiger partial charge in [-0.15, -0.1) is 0 Å². The number of carboxylic acid groups (broad SMARTS) is 1. The average Bonchev–Trinajstić information content (AvgIpc) is 2.94. The number of ether oxygens (including phenoxy) is 1. The molecular weight excluding hydrogens is 248 g/mol. The van der Waals surface area contributed by atoms with Crippen LogP contribution in [-0.2, 0) is 15.1 Å². The van der Waals surface area contributed by atoms with Crippen molar-refractivity contribution in [1.82, 2.24) is 10.1 Å². The molecule has 3 unspecified atom stereocenters. The van der Waals surface area contributed by atoms with E-state index in [-0.39, 0.29) is 5.92 Å². The van der Waals surface area contributed by atoms with E-state index in [1.807, 2.05) is 20.8 Å². The van der Waals surface area contributed by atoms with E-state index in [0.29, 0.717) is 24.1 Å². The Morgan fingerprint density at radius 2 is 2.16 bits per heavy atom. The second kappa shape index (κ2) is 4.92. The number of rotatable bonds is 4. The fourth-order valence-electron chi connectivity index (χ4n) is 2.56. The first-order chi connectivity index (χ1) is 8.85. The van der Waals surface area contributed by atoms with Crippen molar-refractivity contribution in [3.8, 4) is 0 Å². The molecule has 0 amide bonds. The highest BCUT2D eigenvalue weighted by Crippen LogP contribution is 2.42. The maximum atomic E-state index is 11.3. The zero-order chi connectivity index (χ0) is 14.2. The minimum absolute atomic E-state index is 0.193. The van der Waals surface area contributed by atoms with Gasteiger partial charge in [-0.1, -0.05) is 12.1 Å². The number of carboxylic acids is 1. The summed E-state index contributed by atoms with van der Waals surface area (Å²) in [6.07, 6.45) is 1.43. The molecule has 19 heavy (non-hydrogen) atoms. The molecule has 106 valence electrons. The molecule has 1 N–H and O–H groups in total. The van der Waals surface area contributed by atoms with Crippen LogP contribution in [0.15, 0.2) is 4.52 Å². The summed E-state index contributed by atoms with van der Waals surface area (Å²) in [5.41, 5.74) is -0.634. The van der Waals surface area contributed by atoms with Gasteiger partial charge in [0.15, 0.2) is 0 Å². The van der Waals surface area contributed by atoms with Gasteiger partial charge in [-0.2, -0.15) is 4.98 Å². The average molecular weight is 268 g/mol. The number of nitrogens with zero attached hydrogens (tertiary/aromatic N) is 2. The maximum Gasteiger partial charge on any atom is 0.307 e. The molecule has 1 aliphatic carbocycles. The van der Waals surface area contributed by atoms with Gasteiger partial charge in [-0.25, -0.2) is 0 Å². The molecule has 0 aromatic carbocycles. The fourth-order valence-corrected chi connectivity index (χ4v) is 2.56. The Hall–Kier alpha value is -1.43. The van der Waals surface area contributed by atoms with Crippen LogP contribution in [0, 0.1) is 11.8 Å². The maximum absolute atomic E-state index is 11.3. The summed E-state index contributed by atoms with van der Waals surface area (Å²) < 4.78 is 10.6. The van der Waals surface area contributed by atoms with Gasteiger partial charge in [-0.3, -0.25) is 4.79 Å². The predicted molar refractivity (Wildman–Crippen MR) is 66.6 cm³/mol. The Kier molecular flexibility index (Phi) is 3.62. The van der Waals surface area contributed by atoms with Crippen molar-refractivity contribution >= 4 is 5.97 Å². The molecule has 1 heterocycles. The standard InChI is InChI=1S/C13H20N2O4/c1-7-5-8(9(6-7)11(16)17)10-14-12(15-19-10)13(2,3)18-4/h7-9H,5-6H2,1-4H3,(H,16,17). The van der Waals surface area contributed by atoms with Crippen LogP contribution in [0.3, 0.4) is 0 Å². The lowest BCUT2D eigenvalue weighted by atomic mass is 9.96. The van der Waals surface area contributed by atoms with Crippen LogP contribution in [0.25, 0.3) is 0 Å². The number of methoxy groups -OCH3 is 1. The van der Waals surface area contributed by atoms with Crippen molar-refractivity contribution in [2.75, 3.05) is 7.11 Å². The normalized spacial score (nSPS) is 27.7. The Morgan fingerprint density at radius 3 is 2.74 bits per heavy atom. The van der Waals surface area contributed by atoms with Crippen molar-refractivity contribution in [2.24, 2.45) is 11.8 Å². The number of aromatic nitrogens is 2. The Labute approximate surface area is 112 Å². The van der Waals surface area contributed by atoms with Crippen LogP contribution in [0.2, 0.25) is 0 Å². The monoisotopic (exact) mass is 268 g/mol. The third kappa shape index (κ3) is 2.63. The van der Waals surface area contributed by atoms with Crippen molar-refractivity contribution in [3.05, 3.63) is 11.7 Å². The van der Waals surface area contributed by atoms with Crippen LogP contribution in [-0.4, -0.2) is 28.3 Å². The van der Waals surface area contributed by atoms with Crippen molar-refractivity contribution in [3.63, 3.8) is 0 Å². The quantitative estimate of drug-likeness (QED) is 0.900. The second-order valence-electron chi connectivity index (χ2n) is 5.80. The van der Waals surface area contributed by atoms with Crippen LogP contribution in [0.1, 0.15) is 51.2 Å². The van der Waals surface area contributed by atoms with Gasteiger partial charge in [0.05, 0.1) is 11.8 Å². The molecule has 1 fully saturated rings. The molecule has 1 aromatic rings. The van der Waals surface area contributed by atoms with Gasteiger partial charge in [0.25, 0.3) is 0 Å². The first-order valence-corrected chi connectivity index (χ1v) is 6.47. The van der Waals surface area contributed by atoms with E-state index in [1.165, 1.54) is 0 Å². The molecule has 0 saturated heterocycles. The summed E-state index contributed by atoms with van der Waals surface area (Å²) in [5, 5.41) is 13.2. The molecule has 0 radical (unpaired) electrons. The molecule has 0 spiro atoms. The third-order valence-electron chi connectivity index (χ3n) is 3.92. The molecule has 1 saturated carbocycles. The van der Waals surface area contributed by atoms with Gasteiger partial charge in [0.1, 0.15) is 5.60 Å². The van der Waals surface area contributed by atoms with Crippen LogP contribution >= 0.6 is 0 Å². The number of carbonyl (C=O) groups is 1. The molecular formula is C13H20N2O4. The summed E-state index contributed by atoms with van der Waals surface area (Å²) in [5.74, 6) is -0.196. The Morgan fingerprint density at radius 1 is 1.47 bits per heavy atom. The summed E-state index contributed by atoms with van der Waals surface area (Å²) in [6, 6.07) is 0. The molecule has 3 atom stereocenters. The van der Waals surface area contributed by atoms with Gasteiger partial charge in [-0.05, 0) is 32.6 Å². The number of hydrogen-bond acceptors (Lipinski definition) is 5. The van der Waals surface area contributed by atoms with Gasteiger partial charge in [0.2, 0.25) is 11.7 Å². The lowest BCUT2D eigenvalue weighted by Gasteiger charge is -2.17. The Balaban J connectivity index is 2.25. The SMILES string of the molecule is COC(C)(C)c1noc(C2CC(C)CC2C(=O)O)n1. The molecule has 1 aliphatic rings. The lowest BCUT2D eigenvalue weighted by Crippen LogP contribution is -2.22. The zero-order valence-electron chi connectivity index (χ0n) is 11.7. The highest BCUT2D eigenvalue weighted by molar-refractivity contribution is 5.71. The summed E-state index contributed by atoms with van der Waals surface area (Å²) in [7, 11) is 1.58. The molecule has 0 aliphatic heterocycles. The third-order valence-corrected chi connectivity index (χ3v) is 3.92. The van der Waals surface area contributed by atoms with Gasteiger partial charge < -0.3 is 14.4 Å². The van der Waals surface area contributed by atoms with E-state index in [2.05, 4.69) is 10.1 Å². The first-order valence-electron chi connectivity index (χ1n) is 6.47. The Bertz CT molecular complexity index is 469. The highest BCUT2D eigenvalue weighted by atomic mass is 16.5. The molecule has 2 rings (SSSR count). The van der Waals surface area contributed by atoms with E-state index in [9.17, 15) is 9.90 Å². The van der Waals surface area contributed by atoms with Crippen molar-refractivity contribution in [1.29, 1.82) is 0 Å². The van der Waals surface area contributed by atoms with Crippen molar-refractivity contribution in [2.45, 2.75) is 45.1 Å². The smallest absolute Gasteiger partial charge is 0.307 e. The lowest BCUT2D eigenvalue weighted by molar-refractivity contribution is -0.142. The predicted octanol–water partition coefficient (Wildman–Crippen LogP) is 2.17. The minimum atomic E-state index is -0.792. The largest absolute Gasteiger partial charge is 0.481 e. The molecule has 6 heteroatoms. The molecule has 1 aromatic heterocycles. The summed E-state index contributed by atoms with van der Waals surface area (Å²) in [4.78, 5) is 15.6. The van der Waals surface area contributed by atoms with Gasteiger partial charge >= 0.3 is 5.97 Å². The summed E-state index contributed by atoms with van der Waals surface area (Å²) in [6.45, 7) is 5.73. The highest BCUT2D eigenvalue weighted by Gasteiger charge is 2.41. The molecule has 0 bridgehead atoms.